The molecule has 2 heterocycles. The Kier molecular flexibility index (Phi) is 2.90. The molecule has 2 aromatic heterocycles. The predicted molar refractivity (Wildman–Crippen MR) is 74.1 cm³/mol. The lowest BCUT2D eigenvalue weighted by Gasteiger charge is -2.06. The molecule has 0 aliphatic carbocycles. The molecule has 102 valence electrons. The van der Waals surface area contributed by atoms with E-state index in [4.69, 9.17) is 9.47 Å². The van der Waals surface area contributed by atoms with Gasteiger partial charge in [-0.05, 0) is 6.07 Å². The number of rotatable bonds is 3. The molecule has 0 aliphatic heterocycles. The molecule has 0 atom stereocenters. The summed E-state index contributed by atoms with van der Waals surface area (Å²) >= 11 is 0. The maximum absolute atomic E-state index is 9.47. The van der Waals surface area contributed by atoms with Crippen LogP contribution in [-0.2, 0) is 0 Å². The number of nitrogens with zero attached hydrogens (tertiary/aromatic N) is 2. The quantitative estimate of drug-likeness (QED) is 0.764. The molecule has 0 bridgehead atoms. The first kappa shape index (κ1) is 12.3. The number of aromatic amines is 1. The second-order valence-corrected chi connectivity index (χ2v) is 4.24. The van der Waals surface area contributed by atoms with Gasteiger partial charge in [-0.2, -0.15) is 0 Å². The van der Waals surface area contributed by atoms with Gasteiger partial charge in [-0.25, -0.2) is 4.98 Å². The normalized spacial score (nSPS) is 10.7. The van der Waals surface area contributed by atoms with Gasteiger partial charge in [0.15, 0.2) is 11.5 Å². The van der Waals surface area contributed by atoms with E-state index in [0.717, 1.165) is 11.0 Å². The zero-order chi connectivity index (χ0) is 14.1. The van der Waals surface area contributed by atoms with Gasteiger partial charge in [0, 0.05) is 23.9 Å². The molecule has 0 saturated carbocycles. The lowest BCUT2D eigenvalue weighted by atomic mass is 10.2. The topological polar surface area (TPSA) is 80.3 Å². The smallest absolute Gasteiger partial charge is 0.163 e. The largest absolute Gasteiger partial charge is 0.506 e. The van der Waals surface area contributed by atoms with E-state index in [-0.39, 0.29) is 5.75 Å². The van der Waals surface area contributed by atoms with Crippen LogP contribution < -0.4 is 9.47 Å². The number of benzene rings is 1. The molecule has 0 radical (unpaired) electrons. The minimum Gasteiger partial charge on any atom is -0.506 e. The lowest BCUT2D eigenvalue weighted by molar-refractivity contribution is 0.356. The van der Waals surface area contributed by atoms with Crippen molar-refractivity contribution in [2.24, 2.45) is 0 Å². The summed E-state index contributed by atoms with van der Waals surface area (Å²) < 4.78 is 10.5. The summed E-state index contributed by atoms with van der Waals surface area (Å²) in [5.41, 5.74) is 2.28. The molecule has 0 aliphatic rings. The Morgan fingerprint density at radius 2 is 1.80 bits per heavy atom. The van der Waals surface area contributed by atoms with Crippen molar-refractivity contribution in [3.63, 3.8) is 0 Å². The summed E-state index contributed by atoms with van der Waals surface area (Å²) in [5, 5.41) is 9.47. The zero-order valence-electron chi connectivity index (χ0n) is 11.0. The van der Waals surface area contributed by atoms with Gasteiger partial charge in [-0.15, -0.1) is 0 Å². The number of aromatic nitrogens is 3. The van der Waals surface area contributed by atoms with Crippen LogP contribution in [0.5, 0.6) is 17.2 Å². The van der Waals surface area contributed by atoms with Crippen molar-refractivity contribution >= 4 is 11.0 Å². The Labute approximate surface area is 115 Å². The Balaban J connectivity index is 2.15. The van der Waals surface area contributed by atoms with Gasteiger partial charge in [0.25, 0.3) is 0 Å². The van der Waals surface area contributed by atoms with Gasteiger partial charge >= 0.3 is 0 Å². The Morgan fingerprint density at radius 3 is 2.50 bits per heavy atom. The third-order valence-electron chi connectivity index (χ3n) is 2.98. The van der Waals surface area contributed by atoms with Crippen LogP contribution in [0.15, 0.2) is 30.6 Å². The monoisotopic (exact) mass is 271 g/mol. The number of methoxy groups -OCH3 is 2. The van der Waals surface area contributed by atoms with Gasteiger partial charge in [0.05, 0.1) is 31.4 Å². The number of H-pyrrole nitrogens is 1. The standard InChI is InChI=1S/C14H13N3O3/c1-19-12-4-10-11(5-13(12)20-2)17-14(16-10)8-3-9(18)7-15-6-8/h3-7,18H,1-2H3,(H,16,17). The van der Waals surface area contributed by atoms with Crippen molar-refractivity contribution in [3.8, 4) is 28.6 Å². The minimum absolute atomic E-state index is 0.0955. The van der Waals surface area contributed by atoms with Crippen molar-refractivity contribution in [3.05, 3.63) is 30.6 Å². The van der Waals surface area contributed by atoms with Crippen LogP contribution in [0.2, 0.25) is 0 Å². The number of hydrogen-bond acceptors (Lipinski definition) is 5. The van der Waals surface area contributed by atoms with Gasteiger partial charge in [-0.3, -0.25) is 4.98 Å². The van der Waals surface area contributed by atoms with Crippen LogP contribution in [-0.4, -0.2) is 34.3 Å². The van der Waals surface area contributed by atoms with Crippen LogP contribution in [0.3, 0.4) is 0 Å². The maximum atomic E-state index is 9.47. The highest BCUT2D eigenvalue weighted by Crippen LogP contribution is 2.32. The van der Waals surface area contributed by atoms with Crippen molar-refractivity contribution in [2.45, 2.75) is 0 Å². The zero-order valence-corrected chi connectivity index (χ0v) is 11.0. The van der Waals surface area contributed by atoms with Crippen LogP contribution in [0.1, 0.15) is 0 Å². The molecule has 6 nitrogen and oxygen atoms in total. The molecule has 3 rings (SSSR count). The minimum atomic E-state index is 0.0955. The molecular formula is C14H13N3O3. The second kappa shape index (κ2) is 4.73. The predicted octanol–water partition coefficient (Wildman–Crippen LogP) is 2.35. The summed E-state index contributed by atoms with van der Waals surface area (Å²) in [7, 11) is 3.16. The lowest BCUT2D eigenvalue weighted by Crippen LogP contribution is -1.89. The molecule has 0 amide bonds. The number of aromatic hydroxyl groups is 1. The average molecular weight is 271 g/mol. The van der Waals surface area contributed by atoms with E-state index in [1.165, 1.54) is 6.20 Å². The van der Waals surface area contributed by atoms with E-state index in [1.807, 2.05) is 6.07 Å². The van der Waals surface area contributed by atoms with Crippen LogP contribution >= 0.6 is 0 Å². The molecule has 0 fully saturated rings. The molecule has 0 saturated heterocycles. The summed E-state index contributed by atoms with van der Waals surface area (Å²) in [6.45, 7) is 0. The summed E-state index contributed by atoms with van der Waals surface area (Å²) in [4.78, 5) is 11.6. The number of hydrogen-bond donors (Lipinski definition) is 2. The van der Waals surface area contributed by atoms with Gasteiger partial charge < -0.3 is 19.6 Å². The maximum Gasteiger partial charge on any atom is 0.163 e. The van der Waals surface area contributed by atoms with E-state index in [0.29, 0.717) is 22.9 Å². The number of nitrogens with one attached hydrogen (secondary N) is 1. The number of fused-ring (bicyclic) bond motifs is 1. The SMILES string of the molecule is COc1cc2nc(-c3cncc(O)c3)[nH]c2cc1OC. The molecule has 2 N–H and O–H groups in total. The third-order valence-corrected chi connectivity index (χ3v) is 2.98. The molecule has 0 spiro atoms. The molecule has 3 aromatic rings. The average Bonchev–Trinajstić information content (AvgIpc) is 2.88. The second-order valence-electron chi connectivity index (χ2n) is 4.24. The highest BCUT2D eigenvalue weighted by Gasteiger charge is 2.11. The molecule has 1 aromatic carbocycles. The Bertz CT molecular complexity index is 726. The van der Waals surface area contributed by atoms with E-state index in [2.05, 4.69) is 15.0 Å². The number of ether oxygens (including phenoxy) is 2. The van der Waals surface area contributed by atoms with Gasteiger partial charge in [0.1, 0.15) is 11.6 Å². The first-order valence-electron chi connectivity index (χ1n) is 5.97. The molecule has 6 heteroatoms. The number of pyridine rings is 1. The van der Waals surface area contributed by atoms with Gasteiger partial charge in [-0.1, -0.05) is 0 Å². The fourth-order valence-electron chi connectivity index (χ4n) is 2.03. The first-order chi connectivity index (χ1) is 9.71. The molecular weight excluding hydrogens is 258 g/mol. The Morgan fingerprint density at radius 1 is 1.05 bits per heavy atom. The van der Waals surface area contributed by atoms with Crippen LogP contribution in [0, 0.1) is 0 Å². The van der Waals surface area contributed by atoms with Crippen LogP contribution in [0.25, 0.3) is 22.4 Å². The van der Waals surface area contributed by atoms with E-state index < -0.39 is 0 Å². The summed E-state index contributed by atoms with van der Waals surface area (Å²) in [6.07, 6.45) is 3.00. The van der Waals surface area contributed by atoms with Crippen molar-refractivity contribution in [1.82, 2.24) is 15.0 Å². The first-order valence-corrected chi connectivity index (χ1v) is 5.97. The van der Waals surface area contributed by atoms with E-state index in [9.17, 15) is 5.11 Å². The summed E-state index contributed by atoms with van der Waals surface area (Å²) in [5.74, 6) is 1.97. The van der Waals surface area contributed by atoms with Gasteiger partial charge in [0.2, 0.25) is 0 Å². The van der Waals surface area contributed by atoms with E-state index >= 15 is 0 Å². The van der Waals surface area contributed by atoms with Crippen molar-refractivity contribution < 1.29 is 14.6 Å². The van der Waals surface area contributed by atoms with Crippen molar-refractivity contribution in [2.75, 3.05) is 14.2 Å². The molecule has 0 unspecified atom stereocenters. The fraction of sp³-hybridized carbons (Fsp3) is 0.143. The highest BCUT2D eigenvalue weighted by molar-refractivity contribution is 5.83. The molecule has 20 heavy (non-hydrogen) atoms. The van der Waals surface area contributed by atoms with Crippen LogP contribution in [0.4, 0.5) is 0 Å². The van der Waals surface area contributed by atoms with E-state index in [1.54, 1.807) is 32.5 Å². The number of imidazole rings is 1. The third kappa shape index (κ3) is 2.01. The fourth-order valence-corrected chi connectivity index (χ4v) is 2.03. The van der Waals surface area contributed by atoms with Crippen molar-refractivity contribution in [1.29, 1.82) is 0 Å². The highest BCUT2D eigenvalue weighted by atomic mass is 16.5. The summed E-state index contributed by atoms with van der Waals surface area (Å²) in [6, 6.07) is 5.21. The Hall–Kier alpha value is -2.76.